The summed E-state index contributed by atoms with van der Waals surface area (Å²) in [6, 6.07) is 7.61. The molecule has 176 valence electrons. The Balaban J connectivity index is 0.000000312. The number of thioether (sulfide) groups is 2. The molecule has 1 aliphatic heterocycles. The molecule has 2 heterocycles. The van der Waals surface area contributed by atoms with Crippen LogP contribution in [0.2, 0.25) is 0 Å². The van der Waals surface area contributed by atoms with E-state index in [9.17, 15) is 9.59 Å². The summed E-state index contributed by atoms with van der Waals surface area (Å²) in [4.78, 5) is 25.7. The van der Waals surface area contributed by atoms with E-state index in [0.717, 1.165) is 5.92 Å². The molecule has 0 bridgehead atoms. The van der Waals surface area contributed by atoms with Crippen molar-refractivity contribution in [3.8, 4) is 0 Å². The van der Waals surface area contributed by atoms with E-state index in [0.29, 0.717) is 12.0 Å². The number of carbonyl (C=O) groups is 2. The van der Waals surface area contributed by atoms with Gasteiger partial charge in [-0.2, -0.15) is 11.8 Å². The summed E-state index contributed by atoms with van der Waals surface area (Å²) in [7, 11) is 2.35. The molecule has 2 aromatic rings. The zero-order valence-electron chi connectivity index (χ0n) is 19.1. The third kappa shape index (κ3) is 5.83. The van der Waals surface area contributed by atoms with Crippen LogP contribution in [0, 0.1) is 5.92 Å². The van der Waals surface area contributed by atoms with Gasteiger partial charge in [0.15, 0.2) is 0 Å². The van der Waals surface area contributed by atoms with Crippen LogP contribution in [0.1, 0.15) is 49.7 Å². The number of aliphatic carboxylic acids is 2. The second-order valence-electron chi connectivity index (χ2n) is 8.71. The highest BCUT2D eigenvalue weighted by Gasteiger charge is 2.40. The lowest BCUT2D eigenvalue weighted by Crippen LogP contribution is -2.48. The molecular weight excluding hydrogens is 444 g/mol. The SMILES string of the molecule is CCCSc1[nH]c2cccc3c2c1C[C@@H]1[C@@H]3C[C@@H](CSC)CN1C.O=C(O)CCC(=O)O. The summed E-state index contributed by atoms with van der Waals surface area (Å²) in [5, 5.41) is 18.8. The van der Waals surface area contributed by atoms with Crippen molar-refractivity contribution in [1.29, 1.82) is 0 Å². The van der Waals surface area contributed by atoms with Gasteiger partial charge < -0.3 is 20.1 Å². The number of H-pyrrole nitrogens is 1. The summed E-state index contributed by atoms with van der Waals surface area (Å²) in [5.74, 6) is 1.88. The average molecular weight is 479 g/mol. The average Bonchev–Trinajstić information content (AvgIpc) is 3.11. The van der Waals surface area contributed by atoms with Crippen LogP contribution in [0.3, 0.4) is 0 Å². The van der Waals surface area contributed by atoms with Crippen LogP contribution < -0.4 is 0 Å². The first-order valence-electron chi connectivity index (χ1n) is 11.2. The lowest BCUT2D eigenvalue weighted by atomic mass is 9.73. The van der Waals surface area contributed by atoms with Crippen molar-refractivity contribution in [2.24, 2.45) is 5.92 Å². The number of carboxylic acids is 2. The third-order valence-corrected chi connectivity index (χ3v) is 8.36. The molecule has 0 radical (unpaired) electrons. The number of nitrogens with zero attached hydrogens (tertiary/aromatic N) is 1. The van der Waals surface area contributed by atoms with Crippen molar-refractivity contribution in [3.05, 3.63) is 29.3 Å². The number of carboxylic acid groups (broad SMARTS) is 2. The van der Waals surface area contributed by atoms with Gasteiger partial charge in [0.1, 0.15) is 0 Å². The van der Waals surface area contributed by atoms with Gasteiger partial charge in [-0.3, -0.25) is 9.59 Å². The minimum Gasteiger partial charge on any atom is -0.481 e. The standard InChI is InChI=1S/C20H28N2S2.C4H6O4/c1-4-8-24-20-16-10-18-15(9-13(12-23-3)11-22(18)2)14-6-5-7-17(21-20)19(14)16;5-3(6)1-2-4(7)8/h5-7,13,15,18,21H,4,8-12H2,1-3H3;1-2H2,(H,5,6)(H,7,8)/t13-,15-,18-;/m1./s1. The predicted molar refractivity (Wildman–Crippen MR) is 133 cm³/mol. The van der Waals surface area contributed by atoms with E-state index in [1.165, 1.54) is 47.9 Å². The minimum absolute atomic E-state index is 0.296. The lowest BCUT2D eigenvalue weighted by Gasteiger charge is -2.45. The van der Waals surface area contributed by atoms with Crippen LogP contribution in [0.4, 0.5) is 0 Å². The van der Waals surface area contributed by atoms with Crippen LogP contribution in [0.25, 0.3) is 10.9 Å². The number of piperidine rings is 1. The second-order valence-corrected chi connectivity index (χ2v) is 10.7. The van der Waals surface area contributed by atoms with Crippen molar-refractivity contribution in [1.82, 2.24) is 9.88 Å². The van der Waals surface area contributed by atoms with Gasteiger partial charge in [0.2, 0.25) is 0 Å². The van der Waals surface area contributed by atoms with Crippen LogP contribution in [0.15, 0.2) is 23.2 Å². The fourth-order valence-corrected chi connectivity index (χ4v) is 6.67. The van der Waals surface area contributed by atoms with Crippen molar-refractivity contribution >= 4 is 46.4 Å². The molecule has 1 aromatic heterocycles. The van der Waals surface area contributed by atoms with E-state index in [-0.39, 0.29) is 12.8 Å². The maximum absolute atomic E-state index is 9.64. The summed E-state index contributed by atoms with van der Waals surface area (Å²) in [6.07, 6.45) is 5.46. The zero-order valence-corrected chi connectivity index (χ0v) is 20.7. The van der Waals surface area contributed by atoms with Crippen LogP contribution in [0.5, 0.6) is 0 Å². The van der Waals surface area contributed by atoms with Crippen LogP contribution in [-0.4, -0.2) is 69.4 Å². The van der Waals surface area contributed by atoms with Crippen molar-refractivity contribution < 1.29 is 19.8 Å². The first-order chi connectivity index (χ1) is 15.3. The number of benzene rings is 1. The van der Waals surface area contributed by atoms with E-state index in [4.69, 9.17) is 10.2 Å². The Kier molecular flexibility index (Phi) is 8.96. The zero-order chi connectivity index (χ0) is 23.3. The predicted octanol–water partition coefficient (Wildman–Crippen LogP) is 4.93. The molecule has 3 atom stereocenters. The quantitative estimate of drug-likeness (QED) is 0.463. The number of aromatic nitrogens is 1. The molecule has 1 aliphatic carbocycles. The van der Waals surface area contributed by atoms with Gasteiger partial charge in [-0.25, -0.2) is 0 Å². The Morgan fingerprint density at radius 1 is 1.22 bits per heavy atom. The van der Waals surface area contributed by atoms with Crippen molar-refractivity contribution in [3.63, 3.8) is 0 Å². The maximum Gasteiger partial charge on any atom is 0.303 e. The van der Waals surface area contributed by atoms with E-state index in [2.05, 4.69) is 48.3 Å². The fourth-order valence-electron chi connectivity index (χ4n) is 5.01. The first-order valence-corrected chi connectivity index (χ1v) is 13.6. The Morgan fingerprint density at radius 2 is 1.94 bits per heavy atom. The van der Waals surface area contributed by atoms with Gasteiger partial charge in [0.25, 0.3) is 0 Å². The normalized spacial score (nSPS) is 22.2. The summed E-state index contributed by atoms with van der Waals surface area (Å²) in [6.45, 7) is 3.53. The highest BCUT2D eigenvalue weighted by Crippen LogP contribution is 2.47. The monoisotopic (exact) mass is 478 g/mol. The third-order valence-electron chi connectivity index (χ3n) is 6.30. The molecule has 2 aliphatic rings. The van der Waals surface area contributed by atoms with Gasteiger partial charge in [-0.1, -0.05) is 19.1 Å². The molecular formula is C24H34N2O4S2. The summed E-state index contributed by atoms with van der Waals surface area (Å²) >= 11 is 4.02. The highest BCUT2D eigenvalue weighted by molar-refractivity contribution is 7.99. The number of likely N-dealkylation sites (tertiary alicyclic amines) is 1. The van der Waals surface area contributed by atoms with E-state index >= 15 is 0 Å². The molecule has 0 spiro atoms. The molecule has 0 amide bonds. The van der Waals surface area contributed by atoms with E-state index in [1.54, 1.807) is 16.5 Å². The molecule has 1 saturated heterocycles. The first kappa shape index (κ1) is 25.0. The Labute approximate surface area is 198 Å². The minimum atomic E-state index is -1.08. The maximum atomic E-state index is 9.64. The van der Waals surface area contributed by atoms with Gasteiger partial charge in [0, 0.05) is 29.4 Å². The molecule has 0 unspecified atom stereocenters. The fraction of sp³-hybridized carbons (Fsp3) is 0.583. The van der Waals surface area contributed by atoms with Gasteiger partial charge >= 0.3 is 11.9 Å². The second kappa shape index (κ2) is 11.5. The molecule has 1 fully saturated rings. The number of rotatable bonds is 8. The number of hydrogen-bond donors (Lipinski definition) is 3. The Morgan fingerprint density at radius 3 is 2.56 bits per heavy atom. The number of aromatic amines is 1. The number of nitrogens with one attached hydrogen (secondary N) is 1. The van der Waals surface area contributed by atoms with Crippen LogP contribution >= 0.6 is 23.5 Å². The molecule has 8 heteroatoms. The molecule has 3 N–H and O–H groups in total. The van der Waals surface area contributed by atoms with E-state index in [1.807, 2.05) is 23.5 Å². The molecule has 32 heavy (non-hydrogen) atoms. The van der Waals surface area contributed by atoms with Gasteiger partial charge in [0.05, 0.1) is 17.9 Å². The Hall–Kier alpha value is -1.64. The molecule has 1 aromatic carbocycles. The summed E-state index contributed by atoms with van der Waals surface area (Å²) in [5.41, 5.74) is 4.56. The lowest BCUT2D eigenvalue weighted by molar-refractivity contribution is -0.143. The largest absolute Gasteiger partial charge is 0.481 e. The van der Waals surface area contributed by atoms with Crippen molar-refractivity contribution in [2.45, 2.75) is 56.0 Å². The molecule has 4 rings (SSSR count). The number of likely N-dealkylation sites (N-methyl/N-ethyl adjacent to an activating group) is 1. The number of hydrogen-bond acceptors (Lipinski definition) is 5. The molecule has 6 nitrogen and oxygen atoms in total. The van der Waals surface area contributed by atoms with Crippen LogP contribution in [-0.2, 0) is 16.0 Å². The summed E-state index contributed by atoms with van der Waals surface area (Å²) < 4.78 is 0. The van der Waals surface area contributed by atoms with Gasteiger partial charge in [-0.15, -0.1) is 11.8 Å². The Bertz CT molecular complexity index is 931. The number of fused-ring (bicyclic) bond motifs is 2. The van der Waals surface area contributed by atoms with E-state index < -0.39 is 11.9 Å². The highest BCUT2D eigenvalue weighted by atomic mass is 32.2. The molecule has 0 saturated carbocycles. The smallest absolute Gasteiger partial charge is 0.303 e. The topological polar surface area (TPSA) is 93.6 Å². The van der Waals surface area contributed by atoms with Crippen molar-refractivity contribution in [2.75, 3.05) is 31.4 Å². The van der Waals surface area contributed by atoms with Gasteiger partial charge in [-0.05, 0) is 67.2 Å².